The maximum Gasteiger partial charge on any atom is 0.236 e. The van der Waals surface area contributed by atoms with Gasteiger partial charge in [0.2, 0.25) is 5.88 Å². The van der Waals surface area contributed by atoms with Crippen LogP contribution < -0.4 is 10.5 Å². The molecule has 0 bridgehead atoms. The van der Waals surface area contributed by atoms with Gasteiger partial charge < -0.3 is 10.5 Å². The Balaban J connectivity index is 1.87. The Morgan fingerprint density at radius 1 is 1.05 bits per heavy atom. The molecule has 1 aromatic heterocycles. The fraction of sp³-hybridized carbons (Fsp3) is 0.500. The van der Waals surface area contributed by atoms with Gasteiger partial charge in [-0.25, -0.2) is 9.97 Å². The molecule has 1 heterocycles. The zero-order valence-corrected chi connectivity index (χ0v) is 11.9. The van der Waals surface area contributed by atoms with Crippen LogP contribution in [0.3, 0.4) is 0 Å². The van der Waals surface area contributed by atoms with E-state index in [0.717, 1.165) is 29.6 Å². The highest BCUT2D eigenvalue weighted by Gasteiger charge is 2.23. The topological polar surface area (TPSA) is 61.0 Å². The van der Waals surface area contributed by atoms with Gasteiger partial charge in [0.1, 0.15) is 11.8 Å². The lowest BCUT2D eigenvalue weighted by molar-refractivity contribution is 0.154. The highest BCUT2D eigenvalue weighted by Crippen LogP contribution is 2.24. The summed E-state index contributed by atoms with van der Waals surface area (Å²) in [5.41, 5.74) is 8.83. The van der Waals surface area contributed by atoms with Gasteiger partial charge in [0.05, 0.1) is 11.0 Å². The van der Waals surface area contributed by atoms with E-state index in [1.54, 1.807) is 0 Å². The molecule has 0 spiro atoms. The van der Waals surface area contributed by atoms with Crippen LogP contribution in [0.15, 0.2) is 24.3 Å². The van der Waals surface area contributed by atoms with Crippen LogP contribution in [0, 0.1) is 6.92 Å². The molecule has 0 aliphatic heterocycles. The first-order valence-electron chi connectivity index (χ1n) is 7.39. The summed E-state index contributed by atoms with van der Waals surface area (Å²) in [4.78, 5) is 9.15. The molecule has 2 N–H and O–H groups in total. The lowest BCUT2D eigenvalue weighted by atomic mass is 10.1. The largest absolute Gasteiger partial charge is 0.471 e. The van der Waals surface area contributed by atoms with Crippen LogP contribution in [0.1, 0.15) is 37.8 Å². The van der Waals surface area contributed by atoms with E-state index in [9.17, 15) is 0 Å². The van der Waals surface area contributed by atoms with Gasteiger partial charge in [-0.3, -0.25) is 0 Å². The molecule has 2 aromatic rings. The summed E-state index contributed by atoms with van der Waals surface area (Å²) in [6, 6.07) is 7.97. The lowest BCUT2D eigenvalue weighted by Crippen LogP contribution is -2.38. The van der Waals surface area contributed by atoms with Crippen LogP contribution >= 0.6 is 0 Å². The number of para-hydroxylation sites is 2. The molecule has 0 radical (unpaired) electrons. The zero-order valence-electron chi connectivity index (χ0n) is 11.9. The predicted molar refractivity (Wildman–Crippen MR) is 79.8 cm³/mol. The maximum absolute atomic E-state index is 6.22. The minimum Gasteiger partial charge on any atom is -0.471 e. The van der Waals surface area contributed by atoms with E-state index >= 15 is 0 Å². The molecule has 0 amide bonds. The Kier molecular flexibility index (Phi) is 3.83. The van der Waals surface area contributed by atoms with Gasteiger partial charge in [-0.15, -0.1) is 0 Å². The number of fused-ring (bicyclic) bond motifs is 1. The molecule has 1 aliphatic carbocycles. The van der Waals surface area contributed by atoms with Crippen molar-refractivity contribution in [2.45, 2.75) is 51.2 Å². The van der Waals surface area contributed by atoms with Crippen LogP contribution in [0.4, 0.5) is 0 Å². The van der Waals surface area contributed by atoms with Crippen LogP contribution in [0.2, 0.25) is 0 Å². The van der Waals surface area contributed by atoms with Crippen molar-refractivity contribution >= 4 is 11.0 Å². The highest BCUT2D eigenvalue weighted by molar-refractivity contribution is 5.74. The van der Waals surface area contributed by atoms with Gasteiger partial charge in [-0.2, -0.15) is 0 Å². The van der Waals surface area contributed by atoms with Crippen molar-refractivity contribution in [3.63, 3.8) is 0 Å². The summed E-state index contributed by atoms with van der Waals surface area (Å²) in [5.74, 6) is 0.631. The number of hydrogen-bond donors (Lipinski definition) is 1. The SMILES string of the molecule is Cc1nc2ccccc2nc1OC1CCCCCC1N. The standard InChI is InChI=1S/C16H21N3O/c1-11-16(19-14-9-6-5-8-13(14)18-11)20-15-10-4-2-3-7-12(15)17/h5-6,8-9,12,15H,2-4,7,10,17H2,1H3. The summed E-state index contributed by atoms with van der Waals surface area (Å²) in [6.07, 6.45) is 5.73. The Morgan fingerprint density at radius 2 is 1.75 bits per heavy atom. The third-order valence-electron chi connectivity index (χ3n) is 3.97. The Bertz CT molecular complexity index is 599. The van der Waals surface area contributed by atoms with Crippen LogP contribution in [-0.4, -0.2) is 22.1 Å². The summed E-state index contributed by atoms with van der Waals surface area (Å²) in [6.45, 7) is 1.94. The molecule has 4 heteroatoms. The number of nitrogens with zero attached hydrogens (tertiary/aromatic N) is 2. The zero-order chi connectivity index (χ0) is 13.9. The Labute approximate surface area is 119 Å². The fourth-order valence-electron chi connectivity index (χ4n) is 2.78. The van der Waals surface area contributed by atoms with E-state index < -0.39 is 0 Å². The predicted octanol–water partition coefficient (Wildman–Crippen LogP) is 2.98. The minimum atomic E-state index is 0.0617. The normalized spacial score (nSPS) is 23.5. The van der Waals surface area contributed by atoms with Gasteiger partial charge in [0.15, 0.2) is 0 Å². The molecular weight excluding hydrogens is 250 g/mol. The van der Waals surface area contributed by atoms with Crippen LogP contribution in [0.5, 0.6) is 5.88 Å². The second-order valence-corrected chi connectivity index (χ2v) is 5.56. The third-order valence-corrected chi connectivity index (χ3v) is 3.97. The molecule has 1 aliphatic rings. The van der Waals surface area contributed by atoms with Crippen molar-refractivity contribution in [3.8, 4) is 5.88 Å². The smallest absolute Gasteiger partial charge is 0.236 e. The number of nitrogens with two attached hydrogens (primary N) is 1. The number of benzene rings is 1. The lowest BCUT2D eigenvalue weighted by Gasteiger charge is -2.23. The molecule has 3 rings (SSSR count). The molecular formula is C16H21N3O. The molecule has 1 saturated carbocycles. The van der Waals surface area contributed by atoms with Gasteiger partial charge >= 0.3 is 0 Å². The van der Waals surface area contributed by atoms with Gasteiger partial charge in [0, 0.05) is 6.04 Å². The average molecular weight is 271 g/mol. The molecule has 0 saturated heterocycles. The molecule has 2 atom stereocenters. The minimum absolute atomic E-state index is 0.0617. The molecule has 106 valence electrons. The van der Waals surface area contributed by atoms with E-state index in [2.05, 4.69) is 9.97 Å². The van der Waals surface area contributed by atoms with E-state index in [-0.39, 0.29) is 12.1 Å². The fourth-order valence-corrected chi connectivity index (χ4v) is 2.78. The first kappa shape index (κ1) is 13.3. The van der Waals surface area contributed by atoms with Crippen molar-refractivity contribution in [2.24, 2.45) is 5.73 Å². The van der Waals surface area contributed by atoms with Gasteiger partial charge in [-0.1, -0.05) is 25.0 Å². The summed E-state index contributed by atoms with van der Waals surface area (Å²) < 4.78 is 6.09. The monoisotopic (exact) mass is 271 g/mol. The van der Waals surface area contributed by atoms with Crippen molar-refractivity contribution in [3.05, 3.63) is 30.0 Å². The first-order valence-corrected chi connectivity index (χ1v) is 7.39. The Hall–Kier alpha value is -1.68. The van der Waals surface area contributed by atoms with Crippen LogP contribution in [-0.2, 0) is 0 Å². The third kappa shape index (κ3) is 2.75. The second kappa shape index (κ2) is 5.75. The van der Waals surface area contributed by atoms with Crippen molar-refractivity contribution < 1.29 is 4.74 Å². The first-order chi connectivity index (χ1) is 9.74. The summed E-state index contributed by atoms with van der Waals surface area (Å²) >= 11 is 0. The van der Waals surface area contributed by atoms with Crippen molar-refractivity contribution in [1.29, 1.82) is 0 Å². The molecule has 1 fully saturated rings. The summed E-state index contributed by atoms with van der Waals surface area (Å²) in [5, 5.41) is 0. The van der Waals surface area contributed by atoms with Crippen molar-refractivity contribution in [2.75, 3.05) is 0 Å². The number of aromatic nitrogens is 2. The second-order valence-electron chi connectivity index (χ2n) is 5.56. The highest BCUT2D eigenvalue weighted by atomic mass is 16.5. The van der Waals surface area contributed by atoms with E-state index in [1.807, 2.05) is 31.2 Å². The van der Waals surface area contributed by atoms with Crippen LogP contribution in [0.25, 0.3) is 11.0 Å². The van der Waals surface area contributed by atoms with E-state index in [1.165, 1.54) is 19.3 Å². The molecule has 4 nitrogen and oxygen atoms in total. The Morgan fingerprint density at radius 3 is 2.55 bits per heavy atom. The van der Waals surface area contributed by atoms with Gasteiger partial charge in [-0.05, 0) is 38.3 Å². The summed E-state index contributed by atoms with van der Waals surface area (Å²) in [7, 11) is 0. The van der Waals surface area contributed by atoms with E-state index in [0.29, 0.717) is 5.88 Å². The molecule has 1 aromatic carbocycles. The van der Waals surface area contributed by atoms with E-state index in [4.69, 9.17) is 10.5 Å². The molecule has 2 unspecified atom stereocenters. The molecule has 20 heavy (non-hydrogen) atoms. The average Bonchev–Trinajstić information content (AvgIpc) is 2.65. The number of rotatable bonds is 2. The van der Waals surface area contributed by atoms with Gasteiger partial charge in [0.25, 0.3) is 0 Å². The van der Waals surface area contributed by atoms with Crippen molar-refractivity contribution in [1.82, 2.24) is 9.97 Å². The maximum atomic E-state index is 6.22. The number of hydrogen-bond acceptors (Lipinski definition) is 4. The number of aryl methyl sites for hydroxylation is 1. The number of ether oxygens (including phenoxy) is 1. The quantitative estimate of drug-likeness (QED) is 0.853.